The Hall–Kier alpha value is -1.48. The molecule has 90 valence electrons. The average Bonchev–Trinajstić information content (AvgIpc) is 2.94. The van der Waals surface area contributed by atoms with Crippen molar-refractivity contribution in [2.45, 2.75) is 18.9 Å². The first-order valence-electron chi connectivity index (χ1n) is 6.15. The summed E-state index contributed by atoms with van der Waals surface area (Å²) >= 11 is 0. The van der Waals surface area contributed by atoms with Crippen molar-refractivity contribution in [1.29, 1.82) is 0 Å². The summed E-state index contributed by atoms with van der Waals surface area (Å²) in [6.07, 6.45) is 4.69. The molecule has 1 aromatic carbocycles. The van der Waals surface area contributed by atoms with Crippen molar-refractivity contribution >= 4 is 10.9 Å². The van der Waals surface area contributed by atoms with E-state index in [2.05, 4.69) is 35.3 Å². The third-order valence-corrected chi connectivity index (χ3v) is 3.80. The molecule has 1 fully saturated rings. The fourth-order valence-electron chi connectivity index (χ4n) is 2.83. The first kappa shape index (κ1) is 10.7. The van der Waals surface area contributed by atoms with Crippen LogP contribution in [0.5, 0.6) is 5.75 Å². The van der Waals surface area contributed by atoms with Gasteiger partial charge in [0.15, 0.2) is 0 Å². The molecule has 1 atom stereocenters. The van der Waals surface area contributed by atoms with E-state index in [0.717, 1.165) is 5.75 Å². The molecule has 1 aromatic heterocycles. The molecule has 0 unspecified atom stereocenters. The van der Waals surface area contributed by atoms with E-state index in [9.17, 15) is 0 Å². The second-order valence-electron chi connectivity index (χ2n) is 4.79. The van der Waals surface area contributed by atoms with Gasteiger partial charge in [-0.05, 0) is 50.2 Å². The first-order chi connectivity index (χ1) is 8.29. The van der Waals surface area contributed by atoms with Crippen molar-refractivity contribution in [2.75, 3.05) is 20.7 Å². The zero-order valence-electron chi connectivity index (χ0n) is 10.4. The summed E-state index contributed by atoms with van der Waals surface area (Å²) in [5.41, 5.74) is 2.60. The number of hydrogen-bond acceptors (Lipinski definition) is 2. The lowest BCUT2D eigenvalue weighted by atomic mass is 10.0. The highest BCUT2D eigenvalue weighted by Crippen LogP contribution is 2.35. The minimum absolute atomic E-state index is 0.552. The number of H-pyrrole nitrogens is 1. The molecule has 0 radical (unpaired) electrons. The van der Waals surface area contributed by atoms with Crippen molar-refractivity contribution in [3.8, 4) is 5.75 Å². The standard InChI is InChI=1S/C14H18N2O/c1-16-7-3-4-14(16)12-9-15-13-6-5-10(17-2)8-11(12)13/h5-6,8-9,14-15H,3-4,7H2,1-2H3/t14-/m1/s1. The fraction of sp³-hybridized carbons (Fsp3) is 0.429. The first-order valence-corrected chi connectivity index (χ1v) is 6.15. The van der Waals surface area contributed by atoms with Gasteiger partial charge in [0, 0.05) is 23.1 Å². The minimum Gasteiger partial charge on any atom is -0.497 e. The van der Waals surface area contributed by atoms with Crippen LogP contribution in [0.1, 0.15) is 24.4 Å². The van der Waals surface area contributed by atoms with Crippen LogP contribution in [0.3, 0.4) is 0 Å². The monoisotopic (exact) mass is 230 g/mol. The zero-order chi connectivity index (χ0) is 11.8. The van der Waals surface area contributed by atoms with Gasteiger partial charge in [0.1, 0.15) is 5.75 Å². The van der Waals surface area contributed by atoms with Crippen molar-refractivity contribution in [3.63, 3.8) is 0 Å². The number of aromatic amines is 1. The molecule has 1 aliphatic rings. The zero-order valence-corrected chi connectivity index (χ0v) is 10.4. The van der Waals surface area contributed by atoms with Crippen LogP contribution in [-0.2, 0) is 0 Å². The van der Waals surface area contributed by atoms with Crippen LogP contribution in [0.4, 0.5) is 0 Å². The normalized spacial score (nSPS) is 21.2. The lowest BCUT2D eigenvalue weighted by molar-refractivity contribution is 0.319. The van der Waals surface area contributed by atoms with Crippen molar-refractivity contribution < 1.29 is 4.74 Å². The summed E-state index contributed by atoms with van der Waals surface area (Å²) in [5, 5.41) is 1.29. The predicted octanol–water partition coefficient (Wildman–Crippen LogP) is 2.94. The number of nitrogens with one attached hydrogen (secondary N) is 1. The van der Waals surface area contributed by atoms with Gasteiger partial charge in [0.25, 0.3) is 0 Å². The number of nitrogens with zero attached hydrogens (tertiary/aromatic N) is 1. The Morgan fingerprint density at radius 2 is 2.29 bits per heavy atom. The second kappa shape index (κ2) is 4.08. The molecule has 1 aliphatic heterocycles. The van der Waals surface area contributed by atoms with Crippen LogP contribution in [0.2, 0.25) is 0 Å². The lowest BCUT2D eigenvalue weighted by Crippen LogP contribution is -2.17. The van der Waals surface area contributed by atoms with Gasteiger partial charge in [-0.3, -0.25) is 4.90 Å². The number of rotatable bonds is 2. The maximum atomic E-state index is 5.31. The van der Waals surface area contributed by atoms with Crippen LogP contribution in [0.15, 0.2) is 24.4 Å². The van der Waals surface area contributed by atoms with E-state index in [-0.39, 0.29) is 0 Å². The van der Waals surface area contributed by atoms with Crippen molar-refractivity contribution in [2.24, 2.45) is 0 Å². The van der Waals surface area contributed by atoms with E-state index < -0.39 is 0 Å². The van der Waals surface area contributed by atoms with Gasteiger partial charge in [0.05, 0.1) is 7.11 Å². The molecule has 0 aliphatic carbocycles. The Bertz CT molecular complexity index is 532. The summed E-state index contributed by atoms with van der Waals surface area (Å²) in [4.78, 5) is 5.79. The largest absolute Gasteiger partial charge is 0.497 e. The summed E-state index contributed by atoms with van der Waals surface area (Å²) in [6, 6.07) is 6.77. The molecule has 0 spiro atoms. The smallest absolute Gasteiger partial charge is 0.119 e. The molecule has 0 saturated carbocycles. The van der Waals surface area contributed by atoms with Gasteiger partial charge in [-0.15, -0.1) is 0 Å². The summed E-state index contributed by atoms with van der Waals surface area (Å²) in [5.74, 6) is 0.930. The molecule has 3 nitrogen and oxygen atoms in total. The summed E-state index contributed by atoms with van der Waals surface area (Å²) in [6.45, 7) is 1.20. The van der Waals surface area contributed by atoms with E-state index in [4.69, 9.17) is 4.74 Å². The summed E-state index contributed by atoms with van der Waals surface area (Å²) in [7, 11) is 3.92. The van der Waals surface area contributed by atoms with Gasteiger partial charge < -0.3 is 9.72 Å². The number of benzene rings is 1. The predicted molar refractivity (Wildman–Crippen MR) is 69.5 cm³/mol. The van der Waals surface area contributed by atoms with Crippen LogP contribution < -0.4 is 4.74 Å². The number of aromatic nitrogens is 1. The Kier molecular flexibility index (Phi) is 2.56. The number of likely N-dealkylation sites (tertiary alicyclic amines) is 1. The molecular weight excluding hydrogens is 212 g/mol. The summed E-state index contributed by atoms with van der Waals surface area (Å²) < 4.78 is 5.31. The molecule has 3 rings (SSSR count). The Morgan fingerprint density at radius 3 is 3.00 bits per heavy atom. The van der Waals surface area contributed by atoms with E-state index in [1.165, 1.54) is 35.9 Å². The van der Waals surface area contributed by atoms with E-state index in [0.29, 0.717) is 6.04 Å². The maximum absolute atomic E-state index is 5.31. The molecule has 1 saturated heterocycles. The highest BCUT2D eigenvalue weighted by atomic mass is 16.5. The van der Waals surface area contributed by atoms with Crippen LogP contribution >= 0.6 is 0 Å². The van der Waals surface area contributed by atoms with Crippen LogP contribution in [-0.4, -0.2) is 30.6 Å². The van der Waals surface area contributed by atoms with Gasteiger partial charge in [-0.2, -0.15) is 0 Å². The van der Waals surface area contributed by atoms with Crippen LogP contribution in [0, 0.1) is 0 Å². The lowest BCUT2D eigenvalue weighted by Gasteiger charge is -2.18. The van der Waals surface area contributed by atoms with Gasteiger partial charge in [-0.1, -0.05) is 0 Å². The highest BCUT2D eigenvalue weighted by Gasteiger charge is 2.24. The SMILES string of the molecule is COc1ccc2[nH]cc([C@H]3CCCN3C)c2c1. The van der Waals surface area contributed by atoms with Gasteiger partial charge in [0.2, 0.25) is 0 Å². The van der Waals surface area contributed by atoms with Crippen LogP contribution in [0.25, 0.3) is 10.9 Å². The van der Waals surface area contributed by atoms with Gasteiger partial charge in [-0.25, -0.2) is 0 Å². The number of fused-ring (bicyclic) bond motifs is 1. The Balaban J connectivity index is 2.09. The molecule has 1 N–H and O–H groups in total. The molecule has 0 bridgehead atoms. The third kappa shape index (κ3) is 1.71. The molecule has 2 heterocycles. The third-order valence-electron chi connectivity index (χ3n) is 3.80. The number of hydrogen-bond donors (Lipinski definition) is 1. The van der Waals surface area contributed by atoms with E-state index in [1.807, 2.05) is 6.07 Å². The maximum Gasteiger partial charge on any atom is 0.119 e. The molecule has 17 heavy (non-hydrogen) atoms. The number of ether oxygens (including phenoxy) is 1. The minimum atomic E-state index is 0.552. The van der Waals surface area contributed by atoms with Crippen molar-refractivity contribution in [3.05, 3.63) is 30.0 Å². The Morgan fingerprint density at radius 1 is 1.41 bits per heavy atom. The fourth-order valence-corrected chi connectivity index (χ4v) is 2.83. The molecular formula is C14H18N2O. The van der Waals surface area contributed by atoms with E-state index >= 15 is 0 Å². The van der Waals surface area contributed by atoms with E-state index in [1.54, 1.807) is 7.11 Å². The highest BCUT2D eigenvalue weighted by molar-refractivity contribution is 5.85. The number of methoxy groups -OCH3 is 1. The topological polar surface area (TPSA) is 28.3 Å². The van der Waals surface area contributed by atoms with Gasteiger partial charge >= 0.3 is 0 Å². The molecule has 2 aromatic rings. The molecule has 3 heteroatoms. The van der Waals surface area contributed by atoms with Crippen molar-refractivity contribution in [1.82, 2.24) is 9.88 Å². The quantitative estimate of drug-likeness (QED) is 0.859. The Labute approximate surface area is 101 Å². The average molecular weight is 230 g/mol. The second-order valence-corrected chi connectivity index (χ2v) is 4.79. The molecule has 0 amide bonds.